The second kappa shape index (κ2) is 7.32. The molecule has 2 atom stereocenters. The summed E-state index contributed by atoms with van der Waals surface area (Å²) in [6, 6.07) is 0. The zero-order valence-electron chi connectivity index (χ0n) is 13.7. The fourth-order valence-electron chi connectivity index (χ4n) is 2.33. The number of rotatable bonds is 8. The molecule has 0 bridgehead atoms. The van der Waals surface area contributed by atoms with Gasteiger partial charge in [0.25, 0.3) is 0 Å². The Kier molecular flexibility index (Phi) is 7.05. The van der Waals surface area contributed by atoms with Gasteiger partial charge >= 0.3 is 0 Å². The van der Waals surface area contributed by atoms with Gasteiger partial charge < -0.3 is 10.2 Å². The van der Waals surface area contributed by atoms with E-state index in [1.165, 1.54) is 6.92 Å². The van der Waals surface area contributed by atoms with E-state index in [2.05, 4.69) is 0 Å². The molecular formula is C16H30O4. The molecule has 0 fully saturated rings. The molecule has 0 aromatic carbocycles. The van der Waals surface area contributed by atoms with E-state index in [9.17, 15) is 19.8 Å². The van der Waals surface area contributed by atoms with Gasteiger partial charge in [0.2, 0.25) is 0 Å². The Morgan fingerprint density at radius 2 is 1.65 bits per heavy atom. The maximum Gasteiger partial charge on any atom is 0.170 e. The maximum atomic E-state index is 12.4. The minimum absolute atomic E-state index is 0.147. The highest BCUT2D eigenvalue weighted by Crippen LogP contribution is 2.30. The molecule has 20 heavy (non-hydrogen) atoms. The van der Waals surface area contributed by atoms with Gasteiger partial charge in [0.1, 0.15) is 11.4 Å². The summed E-state index contributed by atoms with van der Waals surface area (Å²) in [5.74, 6) is -0.358. The fraction of sp³-hybridized carbons (Fsp3) is 0.875. The summed E-state index contributed by atoms with van der Waals surface area (Å²) in [5, 5.41) is 20.4. The first-order valence-corrected chi connectivity index (χ1v) is 7.35. The van der Waals surface area contributed by atoms with E-state index in [1.807, 2.05) is 13.8 Å². The van der Waals surface area contributed by atoms with Gasteiger partial charge in [-0.15, -0.1) is 0 Å². The van der Waals surface area contributed by atoms with Crippen LogP contribution in [0.15, 0.2) is 0 Å². The summed E-state index contributed by atoms with van der Waals surface area (Å²) in [6.45, 7) is 10.4. The van der Waals surface area contributed by atoms with Crippen molar-refractivity contribution in [2.24, 2.45) is 11.3 Å². The van der Waals surface area contributed by atoms with E-state index in [0.717, 1.165) is 0 Å². The first-order chi connectivity index (χ1) is 8.90. The van der Waals surface area contributed by atoms with Crippen molar-refractivity contribution in [3.05, 3.63) is 0 Å². The predicted molar refractivity (Wildman–Crippen MR) is 79.4 cm³/mol. The van der Waals surface area contributed by atoms with E-state index in [4.69, 9.17) is 0 Å². The first-order valence-electron chi connectivity index (χ1n) is 7.35. The lowest BCUT2D eigenvalue weighted by molar-refractivity contribution is -0.150. The third-order valence-corrected chi connectivity index (χ3v) is 3.51. The predicted octanol–water partition coefficient (Wildman–Crippen LogP) is 2.50. The fourth-order valence-corrected chi connectivity index (χ4v) is 2.33. The van der Waals surface area contributed by atoms with E-state index >= 15 is 0 Å². The lowest BCUT2D eigenvalue weighted by Gasteiger charge is -2.32. The van der Waals surface area contributed by atoms with Gasteiger partial charge in [0.05, 0.1) is 6.10 Å². The van der Waals surface area contributed by atoms with Crippen molar-refractivity contribution < 1.29 is 19.8 Å². The van der Waals surface area contributed by atoms with Crippen molar-refractivity contribution in [3.63, 3.8) is 0 Å². The second-order valence-corrected chi connectivity index (χ2v) is 7.19. The SMILES string of the molecule is CC(=O)C[C@](O)(CCC[C@H](O)C(C)C)C(=O)C(C)(C)C. The van der Waals surface area contributed by atoms with Crippen molar-refractivity contribution in [2.45, 2.75) is 78.9 Å². The summed E-state index contributed by atoms with van der Waals surface area (Å²) in [7, 11) is 0. The number of hydrogen-bond donors (Lipinski definition) is 2. The Morgan fingerprint density at radius 3 is 2.00 bits per heavy atom. The van der Waals surface area contributed by atoms with Gasteiger partial charge in [-0.25, -0.2) is 0 Å². The van der Waals surface area contributed by atoms with Crippen molar-refractivity contribution in [2.75, 3.05) is 0 Å². The van der Waals surface area contributed by atoms with Crippen molar-refractivity contribution in [1.29, 1.82) is 0 Å². The number of carbonyl (C=O) groups is 2. The molecule has 0 aliphatic carbocycles. The third kappa shape index (κ3) is 6.14. The number of aliphatic hydroxyl groups excluding tert-OH is 1. The molecule has 0 aliphatic rings. The lowest BCUT2D eigenvalue weighted by Crippen LogP contribution is -2.46. The molecule has 2 N–H and O–H groups in total. The Labute approximate surface area is 122 Å². The van der Waals surface area contributed by atoms with E-state index in [0.29, 0.717) is 12.8 Å². The number of hydrogen-bond acceptors (Lipinski definition) is 4. The van der Waals surface area contributed by atoms with Gasteiger partial charge in [-0.05, 0) is 32.1 Å². The van der Waals surface area contributed by atoms with Gasteiger partial charge in [0, 0.05) is 11.8 Å². The first kappa shape index (κ1) is 19.3. The van der Waals surface area contributed by atoms with Crippen LogP contribution in [0.25, 0.3) is 0 Å². The molecule has 118 valence electrons. The van der Waals surface area contributed by atoms with Gasteiger partial charge in [-0.2, -0.15) is 0 Å². The number of ketones is 2. The smallest absolute Gasteiger partial charge is 0.170 e. The van der Waals surface area contributed by atoms with Gasteiger partial charge in [0.15, 0.2) is 5.78 Å². The Balaban J connectivity index is 4.81. The molecule has 4 heteroatoms. The molecule has 0 amide bonds. The highest BCUT2D eigenvalue weighted by Gasteiger charge is 2.42. The molecule has 0 heterocycles. The Hall–Kier alpha value is -0.740. The molecule has 4 nitrogen and oxygen atoms in total. The van der Waals surface area contributed by atoms with Crippen LogP contribution in [0.2, 0.25) is 0 Å². The summed E-state index contributed by atoms with van der Waals surface area (Å²) < 4.78 is 0. The number of Topliss-reactive ketones (excluding diaryl/α,β-unsaturated/α-hetero) is 2. The van der Waals surface area contributed by atoms with E-state index in [1.54, 1.807) is 20.8 Å². The third-order valence-electron chi connectivity index (χ3n) is 3.51. The molecule has 0 rings (SSSR count). The molecule has 0 aromatic heterocycles. The molecule has 0 saturated carbocycles. The molecule has 0 aliphatic heterocycles. The van der Waals surface area contributed by atoms with Crippen molar-refractivity contribution in [3.8, 4) is 0 Å². The maximum absolute atomic E-state index is 12.4. The molecule has 0 radical (unpaired) electrons. The molecular weight excluding hydrogens is 256 g/mol. The summed E-state index contributed by atoms with van der Waals surface area (Å²) in [6.07, 6.45) is 0.662. The minimum Gasteiger partial charge on any atom is -0.393 e. The van der Waals surface area contributed by atoms with Crippen LogP contribution >= 0.6 is 0 Å². The molecule has 0 saturated heterocycles. The molecule has 0 aromatic rings. The lowest BCUT2D eigenvalue weighted by atomic mass is 9.75. The van der Waals surface area contributed by atoms with Crippen molar-refractivity contribution >= 4 is 11.6 Å². The quantitative estimate of drug-likeness (QED) is 0.719. The largest absolute Gasteiger partial charge is 0.393 e. The molecule has 0 unspecified atom stereocenters. The van der Waals surface area contributed by atoms with E-state index in [-0.39, 0.29) is 30.3 Å². The van der Waals surface area contributed by atoms with Crippen LogP contribution in [0.4, 0.5) is 0 Å². The average molecular weight is 286 g/mol. The van der Waals surface area contributed by atoms with Crippen LogP contribution in [0.3, 0.4) is 0 Å². The average Bonchev–Trinajstić information content (AvgIpc) is 2.25. The standard InChI is InChI=1S/C16H30O4/c1-11(2)13(18)8-7-9-16(20,10-12(3)17)14(19)15(4,5)6/h11,13,18,20H,7-10H2,1-6H3/t13-,16+/m0/s1. The van der Waals surface area contributed by atoms with Crippen LogP contribution < -0.4 is 0 Å². The zero-order valence-corrected chi connectivity index (χ0v) is 13.7. The van der Waals surface area contributed by atoms with Crippen LogP contribution in [-0.2, 0) is 9.59 Å². The van der Waals surface area contributed by atoms with Crippen LogP contribution in [0.1, 0.15) is 67.2 Å². The van der Waals surface area contributed by atoms with Gasteiger partial charge in [-0.1, -0.05) is 34.6 Å². The van der Waals surface area contributed by atoms with Crippen LogP contribution in [-0.4, -0.2) is 33.5 Å². The number of carbonyl (C=O) groups excluding carboxylic acids is 2. The number of aliphatic hydroxyl groups is 2. The van der Waals surface area contributed by atoms with Crippen molar-refractivity contribution in [1.82, 2.24) is 0 Å². The summed E-state index contributed by atoms with van der Waals surface area (Å²) in [4.78, 5) is 23.7. The highest BCUT2D eigenvalue weighted by molar-refractivity contribution is 5.95. The topological polar surface area (TPSA) is 74.6 Å². The highest BCUT2D eigenvalue weighted by atomic mass is 16.3. The second-order valence-electron chi connectivity index (χ2n) is 7.19. The Morgan fingerprint density at radius 1 is 1.15 bits per heavy atom. The van der Waals surface area contributed by atoms with Crippen LogP contribution in [0, 0.1) is 11.3 Å². The summed E-state index contributed by atoms with van der Waals surface area (Å²) >= 11 is 0. The minimum atomic E-state index is -1.61. The summed E-state index contributed by atoms with van der Waals surface area (Å²) in [5.41, 5.74) is -2.30. The molecule has 0 spiro atoms. The van der Waals surface area contributed by atoms with Crippen LogP contribution in [0.5, 0.6) is 0 Å². The zero-order chi connectivity index (χ0) is 16.1. The van der Waals surface area contributed by atoms with Gasteiger partial charge in [-0.3, -0.25) is 9.59 Å². The van der Waals surface area contributed by atoms with E-state index < -0.39 is 17.1 Å². The Bertz CT molecular complexity index is 341. The normalized spacial score (nSPS) is 16.9. The monoisotopic (exact) mass is 286 g/mol.